The fourth-order valence-electron chi connectivity index (χ4n) is 1.63. The third-order valence-electron chi connectivity index (χ3n) is 2.66. The van der Waals surface area contributed by atoms with Crippen molar-refractivity contribution >= 4 is 8.80 Å². The zero-order valence-electron chi connectivity index (χ0n) is 11.9. The molecule has 1 N–H and O–H groups in total. The van der Waals surface area contributed by atoms with Crippen LogP contribution in [-0.2, 0) is 13.3 Å². The van der Waals surface area contributed by atoms with Gasteiger partial charge in [0.25, 0.3) is 0 Å². The van der Waals surface area contributed by atoms with E-state index >= 15 is 0 Å². The van der Waals surface area contributed by atoms with Gasteiger partial charge in [0.2, 0.25) is 0 Å². The van der Waals surface area contributed by atoms with Crippen LogP contribution in [0.3, 0.4) is 0 Å². The Morgan fingerprint density at radius 1 is 0.941 bits per heavy atom. The molecule has 0 aliphatic heterocycles. The fourth-order valence-corrected chi connectivity index (χ4v) is 3.78. The minimum Gasteiger partial charge on any atom is -0.377 e. The highest BCUT2D eigenvalue weighted by molar-refractivity contribution is 6.60. The summed E-state index contributed by atoms with van der Waals surface area (Å²) in [7, 11) is 1.03. The zero-order valence-corrected chi connectivity index (χ0v) is 12.9. The van der Waals surface area contributed by atoms with Gasteiger partial charge in [0.1, 0.15) is 0 Å². The Bertz CT molecular complexity index is 166. The van der Waals surface area contributed by atoms with E-state index in [-0.39, 0.29) is 0 Å². The molecule has 0 aromatic carbocycles. The van der Waals surface area contributed by atoms with E-state index < -0.39 is 8.80 Å². The van der Waals surface area contributed by atoms with Gasteiger partial charge in [0, 0.05) is 26.9 Å². The first-order valence-corrected chi connectivity index (χ1v) is 8.62. The second-order valence-corrected chi connectivity index (χ2v) is 7.12. The molecule has 0 atom stereocenters. The Labute approximate surface area is 107 Å². The van der Waals surface area contributed by atoms with Crippen LogP contribution in [0, 0.1) is 0 Å². The third kappa shape index (κ3) is 7.89. The molecule has 0 heterocycles. The molecule has 0 aliphatic carbocycles. The van der Waals surface area contributed by atoms with Crippen LogP contribution >= 0.6 is 0 Å². The molecule has 0 aromatic heterocycles. The Morgan fingerprint density at radius 3 is 2.18 bits per heavy atom. The first-order chi connectivity index (χ1) is 8.24. The molecule has 4 nitrogen and oxygen atoms in total. The molecule has 0 fully saturated rings. The highest BCUT2D eigenvalue weighted by atomic mass is 28.4. The zero-order chi connectivity index (χ0) is 13.0. The van der Waals surface area contributed by atoms with E-state index in [0.29, 0.717) is 0 Å². The number of hydrogen-bond donors (Lipinski definition) is 1. The van der Waals surface area contributed by atoms with E-state index in [4.69, 9.17) is 13.3 Å². The molecule has 0 rings (SSSR count). The Hall–Kier alpha value is 0.0569. The van der Waals surface area contributed by atoms with Crippen molar-refractivity contribution in [3.05, 3.63) is 0 Å². The lowest BCUT2D eigenvalue weighted by molar-refractivity contribution is 0.0976. The average molecular weight is 263 g/mol. The second kappa shape index (κ2) is 11.2. The minimum absolute atomic E-state index is 0.724. The smallest absolute Gasteiger partial charge is 0.377 e. The molecular formula is C12H29NO3Si. The molecule has 0 radical (unpaired) electrons. The summed E-state index contributed by atoms with van der Waals surface area (Å²) >= 11 is 0. The fraction of sp³-hybridized carbons (Fsp3) is 1.00. The van der Waals surface area contributed by atoms with Crippen molar-refractivity contribution in [2.24, 2.45) is 0 Å². The second-order valence-electron chi connectivity index (χ2n) is 4.15. The van der Waals surface area contributed by atoms with E-state index in [9.17, 15) is 0 Å². The maximum atomic E-state index is 5.78. The van der Waals surface area contributed by atoms with Gasteiger partial charge in [-0.25, -0.2) is 0 Å². The van der Waals surface area contributed by atoms with Gasteiger partial charge in [-0.3, -0.25) is 0 Å². The van der Waals surface area contributed by atoms with Crippen LogP contribution in [0.25, 0.3) is 0 Å². The van der Waals surface area contributed by atoms with Crippen LogP contribution in [0.5, 0.6) is 0 Å². The summed E-state index contributed by atoms with van der Waals surface area (Å²) in [5.41, 5.74) is 0. The van der Waals surface area contributed by atoms with Crippen molar-refractivity contribution < 1.29 is 13.3 Å². The maximum absolute atomic E-state index is 5.78. The van der Waals surface area contributed by atoms with Crippen molar-refractivity contribution in [2.75, 3.05) is 33.9 Å². The monoisotopic (exact) mass is 263 g/mol. The first-order valence-electron chi connectivity index (χ1n) is 6.69. The van der Waals surface area contributed by atoms with E-state index in [1.165, 1.54) is 6.42 Å². The van der Waals surface area contributed by atoms with Crippen LogP contribution in [-0.4, -0.2) is 42.7 Å². The van der Waals surface area contributed by atoms with Crippen LogP contribution < -0.4 is 5.32 Å². The highest BCUT2D eigenvalue weighted by Gasteiger charge is 2.37. The molecule has 0 saturated carbocycles. The number of hydrogen-bond acceptors (Lipinski definition) is 4. The topological polar surface area (TPSA) is 39.7 Å². The molecule has 17 heavy (non-hydrogen) atoms. The van der Waals surface area contributed by atoms with E-state index in [2.05, 4.69) is 19.2 Å². The number of unbranched alkanes of at least 4 members (excludes halogenated alkanes) is 1. The quantitative estimate of drug-likeness (QED) is 0.434. The molecule has 5 heteroatoms. The summed E-state index contributed by atoms with van der Waals surface area (Å²) < 4.78 is 16.8. The molecule has 104 valence electrons. The molecule has 0 amide bonds. The van der Waals surface area contributed by atoms with Crippen molar-refractivity contribution in [1.82, 2.24) is 5.32 Å². The number of rotatable bonds is 12. The van der Waals surface area contributed by atoms with Gasteiger partial charge in [-0.2, -0.15) is 0 Å². The molecule has 0 bridgehead atoms. The van der Waals surface area contributed by atoms with Crippen molar-refractivity contribution in [2.45, 2.75) is 45.6 Å². The van der Waals surface area contributed by atoms with Gasteiger partial charge in [-0.15, -0.1) is 0 Å². The Kier molecular flexibility index (Phi) is 11.2. The molecular weight excluding hydrogens is 234 g/mol. The summed E-state index contributed by atoms with van der Waals surface area (Å²) in [6, 6.07) is 0.911. The van der Waals surface area contributed by atoms with Gasteiger partial charge in [-0.1, -0.05) is 13.8 Å². The molecule has 0 aromatic rings. The van der Waals surface area contributed by atoms with Crippen molar-refractivity contribution in [1.29, 1.82) is 0 Å². The Balaban J connectivity index is 3.75. The average Bonchev–Trinajstić information content (AvgIpc) is 2.38. The lowest BCUT2D eigenvalue weighted by Crippen LogP contribution is -2.44. The lowest BCUT2D eigenvalue weighted by atomic mass is 10.3. The van der Waals surface area contributed by atoms with Crippen LogP contribution in [0.15, 0.2) is 0 Å². The summed E-state index contributed by atoms with van der Waals surface area (Å²) in [6.07, 6.45) is 4.43. The van der Waals surface area contributed by atoms with Gasteiger partial charge >= 0.3 is 8.80 Å². The normalized spacial score (nSPS) is 12.0. The predicted octanol–water partition coefficient (Wildman–Crippen LogP) is 2.42. The predicted molar refractivity (Wildman–Crippen MR) is 73.2 cm³/mol. The van der Waals surface area contributed by atoms with Crippen molar-refractivity contribution in [3.63, 3.8) is 0 Å². The van der Waals surface area contributed by atoms with Gasteiger partial charge < -0.3 is 18.6 Å². The van der Waals surface area contributed by atoms with E-state index in [1.807, 2.05) is 0 Å². The van der Waals surface area contributed by atoms with Crippen molar-refractivity contribution in [3.8, 4) is 0 Å². The molecule has 0 unspecified atom stereocenters. The summed E-state index contributed by atoms with van der Waals surface area (Å²) in [4.78, 5) is 0. The molecule has 0 spiro atoms. The van der Waals surface area contributed by atoms with Gasteiger partial charge in [-0.05, 0) is 38.8 Å². The van der Waals surface area contributed by atoms with Crippen LogP contribution in [0.2, 0.25) is 6.04 Å². The maximum Gasteiger partial charge on any atom is 0.500 e. The summed E-state index contributed by atoms with van der Waals surface area (Å²) in [5.74, 6) is 0. The van der Waals surface area contributed by atoms with Gasteiger partial charge in [0.15, 0.2) is 0 Å². The highest BCUT2D eigenvalue weighted by Crippen LogP contribution is 2.17. The minimum atomic E-state index is -2.36. The molecule has 0 saturated heterocycles. The summed E-state index contributed by atoms with van der Waals surface area (Å²) in [5, 5.41) is 3.39. The lowest BCUT2D eigenvalue weighted by Gasteiger charge is -2.26. The largest absolute Gasteiger partial charge is 0.500 e. The SMILES string of the molecule is CCCNCCCC[Si](OC)(OC)OCCC. The third-order valence-corrected chi connectivity index (χ3v) is 5.52. The summed E-state index contributed by atoms with van der Waals surface area (Å²) in [6.45, 7) is 7.17. The number of nitrogens with one attached hydrogen (secondary N) is 1. The molecule has 0 aliphatic rings. The van der Waals surface area contributed by atoms with E-state index in [1.54, 1.807) is 14.2 Å². The standard InChI is InChI=1S/C12H29NO3Si/c1-5-9-13-10-7-8-12-17(14-3,15-4)16-11-6-2/h13H,5-12H2,1-4H3. The van der Waals surface area contributed by atoms with Gasteiger partial charge in [0.05, 0.1) is 0 Å². The van der Waals surface area contributed by atoms with Crippen LogP contribution in [0.1, 0.15) is 39.5 Å². The van der Waals surface area contributed by atoms with E-state index in [0.717, 1.165) is 45.0 Å². The Morgan fingerprint density at radius 2 is 1.65 bits per heavy atom. The van der Waals surface area contributed by atoms with Crippen LogP contribution in [0.4, 0.5) is 0 Å². The first kappa shape index (κ1) is 17.1.